The Morgan fingerprint density at radius 3 is 2.38 bits per heavy atom. The number of aliphatic hydroxyl groups is 1. The highest BCUT2D eigenvalue weighted by Gasteiger charge is 2.47. The molecule has 8 heteroatoms. The number of ether oxygens (including phenoxy) is 4. The lowest BCUT2D eigenvalue weighted by Gasteiger charge is -2.27. The Hall–Kier alpha value is -3.78. The molecule has 2 aromatic carbocycles. The summed E-state index contributed by atoms with van der Waals surface area (Å²) in [5.74, 6) is -0.166. The fourth-order valence-electron chi connectivity index (χ4n) is 3.89. The van der Waals surface area contributed by atoms with Gasteiger partial charge in [0.15, 0.2) is 0 Å². The third-order valence-electron chi connectivity index (χ3n) is 5.51. The molecule has 180 valence electrons. The summed E-state index contributed by atoms with van der Waals surface area (Å²) in [6.07, 6.45) is 2.14. The highest BCUT2D eigenvalue weighted by Crippen LogP contribution is 2.44. The lowest BCUT2D eigenvalue weighted by molar-refractivity contribution is -0.140. The van der Waals surface area contributed by atoms with Gasteiger partial charge in [-0.05, 0) is 48.9 Å². The largest absolute Gasteiger partial charge is 0.507 e. The average Bonchev–Trinajstić information content (AvgIpc) is 3.12. The second-order valence-electron chi connectivity index (χ2n) is 7.57. The first kappa shape index (κ1) is 24.9. The van der Waals surface area contributed by atoms with Crippen LogP contribution in [0.4, 0.5) is 0 Å². The number of rotatable bonds is 11. The molecule has 1 saturated heterocycles. The summed E-state index contributed by atoms with van der Waals surface area (Å²) < 4.78 is 21.5. The van der Waals surface area contributed by atoms with Crippen LogP contribution >= 0.6 is 0 Å². The summed E-state index contributed by atoms with van der Waals surface area (Å²) in [7, 11) is 4.60. The molecule has 0 spiro atoms. The van der Waals surface area contributed by atoms with Crippen LogP contribution < -0.4 is 14.2 Å². The van der Waals surface area contributed by atoms with Gasteiger partial charge in [-0.1, -0.05) is 12.7 Å². The van der Waals surface area contributed by atoms with Gasteiger partial charge in [-0.2, -0.15) is 0 Å². The Balaban J connectivity index is 2.14. The fraction of sp³-hybridized carbons (Fsp3) is 0.308. The number of Topliss-reactive ketones (excluding diaryl/α,β-unsaturated/α-hetero) is 1. The monoisotopic (exact) mass is 467 g/mol. The fourth-order valence-corrected chi connectivity index (χ4v) is 3.89. The van der Waals surface area contributed by atoms with Gasteiger partial charge in [-0.25, -0.2) is 0 Å². The summed E-state index contributed by atoms with van der Waals surface area (Å²) in [4.78, 5) is 27.6. The molecule has 1 amide bonds. The van der Waals surface area contributed by atoms with Crippen LogP contribution in [-0.4, -0.2) is 62.8 Å². The molecule has 1 unspecified atom stereocenters. The van der Waals surface area contributed by atoms with E-state index in [1.807, 2.05) is 0 Å². The predicted molar refractivity (Wildman–Crippen MR) is 127 cm³/mol. The molecule has 0 saturated carbocycles. The quantitative estimate of drug-likeness (QED) is 0.177. The molecule has 1 atom stereocenters. The standard InChI is InChI=1S/C26H29NO7/c1-5-14-34-18-9-7-17(8-10-18)24(28)22-23(20-16-19(32-3)11-12-21(20)33-4)27(13-6-15-31-2)26(30)25(22)29/h5,7-12,16,23,28H,1,6,13-15H2,2-4H3/b24-22+. The summed E-state index contributed by atoms with van der Waals surface area (Å²) >= 11 is 0. The predicted octanol–water partition coefficient (Wildman–Crippen LogP) is 3.73. The van der Waals surface area contributed by atoms with Crippen LogP contribution in [0.15, 0.2) is 60.7 Å². The van der Waals surface area contributed by atoms with Gasteiger partial charge >= 0.3 is 0 Å². The number of likely N-dealkylation sites (tertiary alicyclic amines) is 1. The molecule has 1 N–H and O–H groups in total. The first-order valence-corrected chi connectivity index (χ1v) is 10.8. The molecule has 1 heterocycles. The third-order valence-corrected chi connectivity index (χ3v) is 5.51. The smallest absolute Gasteiger partial charge is 0.295 e. The molecule has 2 aromatic rings. The molecule has 0 aliphatic carbocycles. The van der Waals surface area contributed by atoms with Crippen molar-refractivity contribution in [3.63, 3.8) is 0 Å². The maximum atomic E-state index is 13.2. The van der Waals surface area contributed by atoms with Crippen LogP contribution in [0.1, 0.15) is 23.6 Å². The van der Waals surface area contributed by atoms with E-state index in [9.17, 15) is 14.7 Å². The Kier molecular flexibility index (Phi) is 8.32. The summed E-state index contributed by atoms with van der Waals surface area (Å²) in [6.45, 7) is 4.63. The van der Waals surface area contributed by atoms with Gasteiger partial charge in [0.25, 0.3) is 11.7 Å². The summed E-state index contributed by atoms with van der Waals surface area (Å²) in [5, 5.41) is 11.2. The number of amides is 1. The topological polar surface area (TPSA) is 94.5 Å². The van der Waals surface area contributed by atoms with E-state index in [1.165, 1.54) is 19.1 Å². The zero-order valence-electron chi connectivity index (χ0n) is 19.6. The van der Waals surface area contributed by atoms with Crippen molar-refractivity contribution in [2.24, 2.45) is 0 Å². The lowest BCUT2D eigenvalue weighted by atomic mass is 9.94. The van der Waals surface area contributed by atoms with Crippen molar-refractivity contribution >= 4 is 17.4 Å². The normalized spacial score (nSPS) is 17.0. The molecule has 0 radical (unpaired) electrons. The van der Waals surface area contributed by atoms with Gasteiger partial charge < -0.3 is 29.0 Å². The van der Waals surface area contributed by atoms with Crippen LogP contribution in [0.3, 0.4) is 0 Å². The third kappa shape index (κ3) is 5.07. The van der Waals surface area contributed by atoms with E-state index in [2.05, 4.69) is 6.58 Å². The number of benzene rings is 2. The van der Waals surface area contributed by atoms with Crippen molar-refractivity contribution in [2.75, 3.05) is 41.1 Å². The number of hydrogen-bond acceptors (Lipinski definition) is 7. The van der Waals surface area contributed by atoms with Crippen LogP contribution in [0.2, 0.25) is 0 Å². The molecular formula is C26H29NO7. The van der Waals surface area contributed by atoms with E-state index in [0.29, 0.717) is 48.0 Å². The highest BCUT2D eigenvalue weighted by molar-refractivity contribution is 6.46. The molecule has 1 fully saturated rings. The number of hydrogen-bond donors (Lipinski definition) is 1. The Bertz CT molecular complexity index is 1080. The molecule has 8 nitrogen and oxygen atoms in total. The number of ketones is 1. The van der Waals surface area contributed by atoms with E-state index in [4.69, 9.17) is 18.9 Å². The summed E-state index contributed by atoms with van der Waals surface area (Å²) in [6, 6.07) is 10.9. The second-order valence-corrected chi connectivity index (χ2v) is 7.57. The van der Waals surface area contributed by atoms with Gasteiger partial charge in [-0.3, -0.25) is 9.59 Å². The van der Waals surface area contributed by atoms with E-state index in [0.717, 1.165) is 0 Å². The van der Waals surface area contributed by atoms with Crippen LogP contribution in [-0.2, 0) is 14.3 Å². The zero-order valence-corrected chi connectivity index (χ0v) is 19.6. The van der Waals surface area contributed by atoms with Gasteiger partial charge in [0.2, 0.25) is 0 Å². The second kappa shape index (κ2) is 11.4. The minimum absolute atomic E-state index is 0.0197. The number of methoxy groups -OCH3 is 3. The number of carbonyl (C=O) groups is 2. The van der Waals surface area contributed by atoms with Crippen molar-refractivity contribution in [3.05, 3.63) is 71.8 Å². The van der Waals surface area contributed by atoms with Gasteiger partial charge in [0.05, 0.1) is 25.8 Å². The molecule has 1 aliphatic heterocycles. The van der Waals surface area contributed by atoms with Crippen molar-refractivity contribution in [1.82, 2.24) is 4.90 Å². The van der Waals surface area contributed by atoms with Crippen molar-refractivity contribution in [3.8, 4) is 17.2 Å². The highest BCUT2D eigenvalue weighted by atomic mass is 16.5. The van der Waals surface area contributed by atoms with E-state index in [-0.39, 0.29) is 17.9 Å². The SMILES string of the molecule is C=CCOc1ccc(/C(O)=C2\C(=O)C(=O)N(CCCOC)C2c2cc(OC)ccc2OC)cc1. The molecule has 3 rings (SSSR count). The zero-order chi connectivity index (χ0) is 24.7. The van der Waals surface area contributed by atoms with E-state index < -0.39 is 17.7 Å². The number of nitrogens with zero attached hydrogens (tertiary/aromatic N) is 1. The number of aliphatic hydroxyl groups excluding tert-OH is 1. The number of carbonyl (C=O) groups excluding carboxylic acids is 2. The first-order valence-electron chi connectivity index (χ1n) is 10.8. The Labute approximate surface area is 199 Å². The van der Waals surface area contributed by atoms with Gasteiger partial charge in [0.1, 0.15) is 29.6 Å². The van der Waals surface area contributed by atoms with Gasteiger partial charge in [0, 0.05) is 31.4 Å². The van der Waals surface area contributed by atoms with Crippen LogP contribution in [0.25, 0.3) is 5.76 Å². The van der Waals surface area contributed by atoms with Crippen LogP contribution in [0, 0.1) is 0 Å². The summed E-state index contributed by atoms with van der Waals surface area (Å²) in [5.41, 5.74) is 0.896. The minimum Gasteiger partial charge on any atom is -0.507 e. The van der Waals surface area contributed by atoms with Crippen molar-refractivity contribution in [1.29, 1.82) is 0 Å². The molecule has 0 bridgehead atoms. The minimum atomic E-state index is -0.862. The lowest BCUT2D eigenvalue weighted by Crippen LogP contribution is -2.31. The molecule has 34 heavy (non-hydrogen) atoms. The van der Waals surface area contributed by atoms with E-state index >= 15 is 0 Å². The maximum absolute atomic E-state index is 13.2. The average molecular weight is 468 g/mol. The van der Waals surface area contributed by atoms with Crippen molar-refractivity contribution < 1.29 is 33.6 Å². The molecular weight excluding hydrogens is 438 g/mol. The molecule has 0 aromatic heterocycles. The first-order chi connectivity index (χ1) is 16.5. The van der Waals surface area contributed by atoms with E-state index in [1.54, 1.807) is 55.7 Å². The maximum Gasteiger partial charge on any atom is 0.295 e. The molecule has 1 aliphatic rings. The van der Waals surface area contributed by atoms with Crippen molar-refractivity contribution in [2.45, 2.75) is 12.5 Å². The Morgan fingerprint density at radius 1 is 1.06 bits per heavy atom. The van der Waals surface area contributed by atoms with Gasteiger partial charge in [-0.15, -0.1) is 0 Å². The Morgan fingerprint density at radius 2 is 1.76 bits per heavy atom. The van der Waals surface area contributed by atoms with Crippen LogP contribution in [0.5, 0.6) is 17.2 Å².